The second-order valence-corrected chi connectivity index (χ2v) is 18.3. The quantitative estimate of drug-likeness (QED) is 0.0356. The maximum absolute atomic E-state index is 12.7. The van der Waals surface area contributed by atoms with Crippen molar-refractivity contribution in [1.82, 2.24) is 0 Å². The van der Waals surface area contributed by atoms with Crippen LogP contribution in [0, 0.1) is 27.5 Å². The molecular weight excluding hydrogens is 679 g/mol. The Balaban J connectivity index is -0.000000748. The monoisotopic (exact) mass is 786 g/mol. The van der Waals surface area contributed by atoms with Gasteiger partial charge < -0.3 is 29.6 Å². The molecule has 0 aromatic heterocycles. The molecule has 0 rings (SSSR count). The number of unbranched alkanes of at least 4 members (excludes halogenated alkanes) is 20. The van der Waals surface area contributed by atoms with Crippen molar-refractivity contribution in [3.63, 3.8) is 0 Å². The molecule has 0 radical (unpaired) electrons. The molecule has 0 heterocycles. The Morgan fingerprint density at radius 1 is 0.291 bits per heavy atom. The Hall–Kier alpha value is -0.240. The molecule has 0 aromatic carbocycles. The van der Waals surface area contributed by atoms with Crippen LogP contribution in [0.4, 0.5) is 0 Å². The van der Waals surface area contributed by atoms with Crippen LogP contribution in [0.25, 0.3) is 0 Å². The Labute approximate surface area is 348 Å². The predicted molar refractivity (Wildman–Crippen MR) is 249 cm³/mol. The van der Waals surface area contributed by atoms with Crippen molar-refractivity contribution in [3.05, 3.63) is 15.6 Å². The minimum Gasteiger partial charge on any atom is -0.633 e. The fraction of sp³-hybridized carbons (Fsp3) is 1.00. The van der Waals surface area contributed by atoms with Gasteiger partial charge in [0.25, 0.3) is 0 Å². The zero-order chi connectivity index (χ0) is 42.1. The standard InChI is InChI=1S/C19H41NO.C17H37NO.C13H29NO/c1-4-6-8-10-11-12-13-14-15-17-19-20(3,21)18-16-9-7-5-2;1-6-10-12-16(8-3)14-18(5,19)15-17(9-4)13-11-7-2;1-4-6-8-10-12-14(3,15)13-11-9-7-5-2/h4-19H2,1-3H3;16-17H,6-15H2,1-5H3;4-13H2,1-3H3. The van der Waals surface area contributed by atoms with Gasteiger partial charge in [0.2, 0.25) is 0 Å². The average Bonchev–Trinajstić information content (AvgIpc) is 3.15. The van der Waals surface area contributed by atoms with Crippen LogP contribution in [0.3, 0.4) is 0 Å². The van der Waals surface area contributed by atoms with Crippen molar-refractivity contribution in [2.45, 2.75) is 248 Å². The topological polar surface area (TPSA) is 69.2 Å². The van der Waals surface area contributed by atoms with Crippen molar-refractivity contribution in [3.8, 4) is 0 Å². The lowest BCUT2D eigenvalue weighted by Gasteiger charge is -2.43. The molecule has 6 nitrogen and oxygen atoms in total. The molecule has 0 bridgehead atoms. The van der Waals surface area contributed by atoms with Crippen molar-refractivity contribution in [1.29, 1.82) is 0 Å². The molecule has 0 amide bonds. The summed E-state index contributed by atoms with van der Waals surface area (Å²) >= 11 is 0. The van der Waals surface area contributed by atoms with Gasteiger partial charge in [-0.25, -0.2) is 0 Å². The zero-order valence-corrected chi connectivity index (χ0v) is 40.2. The predicted octanol–water partition coefficient (Wildman–Crippen LogP) is 15.9. The molecule has 0 aliphatic carbocycles. The van der Waals surface area contributed by atoms with Gasteiger partial charge in [-0.1, -0.05) is 171 Å². The lowest BCUT2D eigenvalue weighted by molar-refractivity contribution is -0.868. The number of hydrogen-bond donors (Lipinski definition) is 0. The summed E-state index contributed by atoms with van der Waals surface area (Å²) in [5.74, 6) is 1.23. The normalized spacial score (nSPS) is 14.9. The summed E-state index contributed by atoms with van der Waals surface area (Å²) in [4.78, 5) is 0. The second-order valence-electron chi connectivity index (χ2n) is 18.3. The number of hydroxylamine groups is 9. The highest BCUT2D eigenvalue weighted by Crippen LogP contribution is 2.22. The van der Waals surface area contributed by atoms with E-state index in [9.17, 15) is 15.6 Å². The van der Waals surface area contributed by atoms with Crippen LogP contribution in [-0.2, 0) is 0 Å². The first kappa shape index (κ1) is 59.1. The average molecular weight is 786 g/mol. The van der Waals surface area contributed by atoms with E-state index in [1.54, 1.807) is 0 Å². The molecule has 0 aliphatic rings. The van der Waals surface area contributed by atoms with Crippen molar-refractivity contribution in [2.75, 3.05) is 60.4 Å². The highest BCUT2D eigenvalue weighted by molar-refractivity contribution is 4.62. The third-order valence-electron chi connectivity index (χ3n) is 11.8. The van der Waals surface area contributed by atoms with Crippen molar-refractivity contribution < 1.29 is 13.9 Å². The van der Waals surface area contributed by atoms with E-state index in [1.807, 2.05) is 21.1 Å². The first-order valence-corrected chi connectivity index (χ1v) is 24.9. The fourth-order valence-electron chi connectivity index (χ4n) is 7.78. The molecule has 0 saturated carbocycles. The van der Waals surface area contributed by atoms with Crippen LogP contribution in [0.5, 0.6) is 0 Å². The number of hydrogen-bond acceptors (Lipinski definition) is 3. The van der Waals surface area contributed by atoms with E-state index in [2.05, 4.69) is 55.4 Å². The molecule has 0 saturated heterocycles. The zero-order valence-electron chi connectivity index (χ0n) is 40.2. The van der Waals surface area contributed by atoms with E-state index >= 15 is 0 Å². The van der Waals surface area contributed by atoms with E-state index in [0.717, 1.165) is 77.8 Å². The molecule has 0 N–H and O–H groups in total. The molecule has 336 valence electrons. The molecule has 0 fully saturated rings. The lowest BCUT2D eigenvalue weighted by atomic mass is 9.96. The first-order chi connectivity index (χ1) is 26.2. The van der Waals surface area contributed by atoms with Gasteiger partial charge in [-0.15, -0.1) is 0 Å². The first-order valence-electron chi connectivity index (χ1n) is 24.9. The van der Waals surface area contributed by atoms with Crippen LogP contribution in [0.2, 0.25) is 0 Å². The summed E-state index contributed by atoms with van der Waals surface area (Å²) in [6.45, 7) is 22.7. The maximum atomic E-state index is 12.7. The molecule has 3 atom stereocenters. The number of nitrogens with zero attached hydrogens (tertiary/aromatic N) is 3. The molecular formula is C49H107N3O3. The van der Waals surface area contributed by atoms with Crippen LogP contribution < -0.4 is 0 Å². The van der Waals surface area contributed by atoms with Gasteiger partial charge in [0.15, 0.2) is 0 Å². The van der Waals surface area contributed by atoms with Gasteiger partial charge in [-0.3, -0.25) is 0 Å². The minimum atomic E-state index is -0.0234. The molecule has 3 unspecified atom stereocenters. The molecule has 55 heavy (non-hydrogen) atoms. The van der Waals surface area contributed by atoms with E-state index < -0.39 is 0 Å². The van der Waals surface area contributed by atoms with Crippen molar-refractivity contribution >= 4 is 0 Å². The Bertz CT molecular complexity index is 696. The Kier molecular flexibility index (Phi) is 45.0. The van der Waals surface area contributed by atoms with Crippen LogP contribution in [0.1, 0.15) is 248 Å². The van der Waals surface area contributed by atoms with Crippen LogP contribution in [0.15, 0.2) is 0 Å². The molecule has 6 heteroatoms. The van der Waals surface area contributed by atoms with E-state index in [-0.39, 0.29) is 13.9 Å². The minimum absolute atomic E-state index is 0.0132. The third-order valence-corrected chi connectivity index (χ3v) is 11.8. The highest BCUT2D eigenvalue weighted by atomic mass is 16.5. The highest BCUT2D eigenvalue weighted by Gasteiger charge is 2.21. The Morgan fingerprint density at radius 3 is 0.745 bits per heavy atom. The van der Waals surface area contributed by atoms with Crippen LogP contribution in [-0.4, -0.2) is 74.4 Å². The second kappa shape index (κ2) is 41.9. The molecule has 0 aromatic rings. The van der Waals surface area contributed by atoms with Gasteiger partial charge in [0.1, 0.15) is 0 Å². The smallest absolute Gasteiger partial charge is 0.0810 e. The van der Waals surface area contributed by atoms with Crippen LogP contribution >= 0.6 is 0 Å². The molecule has 0 aliphatic heterocycles. The van der Waals surface area contributed by atoms with E-state index in [0.29, 0.717) is 11.8 Å². The van der Waals surface area contributed by atoms with Gasteiger partial charge in [-0.2, -0.15) is 0 Å². The number of rotatable bonds is 38. The SMILES string of the molecule is CCCCC(CC)C[N+](C)([O-])CC(CC)CCCC.CCCCCCCCCCCC[N+](C)([O-])CCCCCC.CCCCCC[N+](C)([O-])CCCCCC. The summed E-state index contributed by atoms with van der Waals surface area (Å²) in [5, 5.41) is 36.9. The Morgan fingerprint density at radius 2 is 0.509 bits per heavy atom. The van der Waals surface area contributed by atoms with Crippen molar-refractivity contribution in [2.24, 2.45) is 11.8 Å². The third kappa shape index (κ3) is 46.3. The summed E-state index contributed by atoms with van der Waals surface area (Å²) in [5.41, 5.74) is 0. The fourth-order valence-corrected chi connectivity index (χ4v) is 7.78. The summed E-state index contributed by atoms with van der Waals surface area (Å²) in [6, 6.07) is 0. The maximum Gasteiger partial charge on any atom is 0.0810 e. The van der Waals surface area contributed by atoms with E-state index in [1.165, 1.54) is 154 Å². The number of quaternary nitrogens is 3. The summed E-state index contributed by atoms with van der Waals surface area (Å²) in [6.07, 6.45) is 37.8. The molecule has 0 spiro atoms. The lowest BCUT2D eigenvalue weighted by Crippen LogP contribution is -2.45. The van der Waals surface area contributed by atoms with Gasteiger partial charge >= 0.3 is 0 Å². The van der Waals surface area contributed by atoms with Gasteiger partial charge in [0, 0.05) is 11.8 Å². The van der Waals surface area contributed by atoms with Gasteiger partial charge in [0.05, 0.1) is 60.4 Å². The van der Waals surface area contributed by atoms with Gasteiger partial charge in [-0.05, 0) is 77.0 Å². The largest absolute Gasteiger partial charge is 0.633 e. The summed E-state index contributed by atoms with van der Waals surface area (Å²) < 4.78 is -0.0569. The van der Waals surface area contributed by atoms with E-state index in [4.69, 9.17) is 0 Å². The summed E-state index contributed by atoms with van der Waals surface area (Å²) in [7, 11) is 5.58.